The van der Waals surface area contributed by atoms with Crippen molar-refractivity contribution in [2.24, 2.45) is 5.92 Å². The molecule has 3 N–H and O–H groups in total. The second kappa shape index (κ2) is 10.8. The van der Waals surface area contributed by atoms with Gasteiger partial charge in [0.15, 0.2) is 0 Å². The van der Waals surface area contributed by atoms with E-state index in [1.807, 2.05) is 6.92 Å². The van der Waals surface area contributed by atoms with Gasteiger partial charge in [-0.25, -0.2) is 0 Å². The quantitative estimate of drug-likeness (QED) is 0.700. The van der Waals surface area contributed by atoms with Crippen LogP contribution in [0.1, 0.15) is 26.7 Å². The highest BCUT2D eigenvalue weighted by Gasteiger charge is 2.26. The van der Waals surface area contributed by atoms with Crippen molar-refractivity contribution in [2.45, 2.75) is 26.7 Å². The summed E-state index contributed by atoms with van der Waals surface area (Å²) in [5.41, 5.74) is 1.30. The monoisotopic (exact) mass is 382 g/mol. The molecule has 0 aromatic heterocycles. The molecule has 7 nitrogen and oxygen atoms in total. The van der Waals surface area contributed by atoms with Gasteiger partial charge in [0.1, 0.15) is 0 Å². The number of amides is 3. The molecule has 144 valence electrons. The molecule has 1 aromatic carbocycles. The summed E-state index contributed by atoms with van der Waals surface area (Å²) >= 11 is 0. The molecule has 3 amide bonds. The summed E-state index contributed by atoms with van der Waals surface area (Å²) in [5, 5.41) is 8.70. The van der Waals surface area contributed by atoms with Gasteiger partial charge in [-0.3, -0.25) is 14.4 Å². The number of carbonyl (C=O) groups is 3. The Morgan fingerprint density at radius 3 is 2.12 bits per heavy atom. The zero-order chi connectivity index (χ0) is 18.2. The molecule has 0 radical (unpaired) electrons. The largest absolute Gasteiger partial charge is 0.333 e. The number of carbonyl (C=O) groups excluding carboxylic acids is 3. The van der Waals surface area contributed by atoms with Crippen molar-refractivity contribution in [1.82, 2.24) is 10.2 Å². The van der Waals surface area contributed by atoms with Crippen molar-refractivity contribution < 1.29 is 14.4 Å². The first-order chi connectivity index (χ1) is 12.0. The van der Waals surface area contributed by atoms with Crippen LogP contribution in [-0.4, -0.2) is 48.8 Å². The van der Waals surface area contributed by atoms with Crippen LogP contribution in [0.2, 0.25) is 0 Å². The number of nitrogens with one attached hydrogen (secondary N) is 3. The van der Waals surface area contributed by atoms with Crippen LogP contribution in [0, 0.1) is 5.92 Å². The predicted molar refractivity (Wildman–Crippen MR) is 104 cm³/mol. The maximum absolute atomic E-state index is 12.5. The van der Waals surface area contributed by atoms with Crippen LogP contribution < -0.4 is 16.0 Å². The Balaban J connectivity index is 0.00000338. The molecule has 0 unspecified atom stereocenters. The summed E-state index contributed by atoms with van der Waals surface area (Å²) in [5.74, 6) is -0.311. The van der Waals surface area contributed by atoms with Crippen molar-refractivity contribution >= 4 is 41.5 Å². The molecule has 26 heavy (non-hydrogen) atoms. The number of anilines is 2. The molecule has 0 aliphatic carbocycles. The number of halogens is 1. The lowest BCUT2D eigenvalue weighted by Crippen LogP contribution is -2.44. The fourth-order valence-corrected chi connectivity index (χ4v) is 2.89. The fourth-order valence-electron chi connectivity index (χ4n) is 2.89. The van der Waals surface area contributed by atoms with Gasteiger partial charge in [0, 0.05) is 30.8 Å². The third-order valence-electron chi connectivity index (χ3n) is 4.21. The van der Waals surface area contributed by atoms with Gasteiger partial charge >= 0.3 is 0 Å². The lowest BCUT2D eigenvalue weighted by molar-refractivity contribution is -0.138. The van der Waals surface area contributed by atoms with E-state index in [0.717, 1.165) is 25.9 Å². The van der Waals surface area contributed by atoms with E-state index in [9.17, 15) is 14.4 Å². The molecule has 1 saturated heterocycles. The van der Waals surface area contributed by atoms with Crippen molar-refractivity contribution in [2.75, 3.05) is 36.8 Å². The Morgan fingerprint density at radius 2 is 1.62 bits per heavy atom. The molecule has 1 aromatic rings. The molecule has 1 aliphatic heterocycles. The first kappa shape index (κ1) is 21.9. The number of likely N-dealkylation sites (N-methyl/N-ethyl adjacent to an activating group) is 1. The lowest BCUT2D eigenvalue weighted by atomic mass is 9.96. The minimum Gasteiger partial charge on any atom is -0.333 e. The van der Waals surface area contributed by atoms with Crippen molar-refractivity contribution in [3.63, 3.8) is 0 Å². The summed E-state index contributed by atoms with van der Waals surface area (Å²) in [6.07, 6.45) is 1.64. The molecule has 0 spiro atoms. The van der Waals surface area contributed by atoms with Crippen LogP contribution in [0.15, 0.2) is 24.3 Å². The lowest BCUT2D eigenvalue weighted by Gasteiger charge is -2.28. The fraction of sp³-hybridized carbons (Fsp3) is 0.500. The van der Waals surface area contributed by atoms with Crippen molar-refractivity contribution in [3.8, 4) is 0 Å². The third kappa shape index (κ3) is 6.65. The molecule has 1 heterocycles. The Kier molecular flexibility index (Phi) is 9.09. The molecular weight excluding hydrogens is 356 g/mol. The number of benzene rings is 1. The predicted octanol–water partition coefficient (Wildman–Crippen LogP) is 1.85. The van der Waals surface area contributed by atoms with E-state index in [1.54, 1.807) is 29.2 Å². The molecule has 2 rings (SSSR count). The summed E-state index contributed by atoms with van der Waals surface area (Å²) in [6, 6.07) is 6.87. The summed E-state index contributed by atoms with van der Waals surface area (Å²) < 4.78 is 0. The first-order valence-corrected chi connectivity index (χ1v) is 8.66. The SMILES string of the molecule is CCN(CC(=O)Nc1ccc(NC(C)=O)cc1)C(=O)C1CCNCC1.Cl. The second-order valence-electron chi connectivity index (χ2n) is 6.18. The molecule has 0 bridgehead atoms. The number of rotatable bonds is 6. The highest BCUT2D eigenvalue weighted by atomic mass is 35.5. The number of hydrogen-bond acceptors (Lipinski definition) is 4. The second-order valence-corrected chi connectivity index (χ2v) is 6.18. The molecule has 1 fully saturated rings. The number of nitrogens with zero attached hydrogens (tertiary/aromatic N) is 1. The van der Waals surface area contributed by atoms with Crippen LogP contribution in [0.5, 0.6) is 0 Å². The molecule has 1 aliphatic rings. The van der Waals surface area contributed by atoms with E-state index in [-0.39, 0.29) is 42.6 Å². The standard InChI is InChI=1S/C18H26N4O3.ClH/c1-3-22(18(25)14-8-10-19-11-9-14)12-17(24)21-16-6-4-15(5-7-16)20-13(2)23;/h4-7,14,19H,3,8-12H2,1-2H3,(H,20,23)(H,21,24);1H. The Labute approximate surface area is 160 Å². The normalized spacial score (nSPS) is 14.1. The van der Waals surface area contributed by atoms with Crippen LogP contribution in [-0.2, 0) is 14.4 Å². The highest BCUT2D eigenvalue weighted by molar-refractivity contribution is 5.95. The number of hydrogen-bond donors (Lipinski definition) is 3. The minimum atomic E-state index is -0.226. The van der Waals surface area contributed by atoms with Gasteiger partial charge in [0.2, 0.25) is 17.7 Å². The summed E-state index contributed by atoms with van der Waals surface area (Å²) in [7, 11) is 0. The summed E-state index contributed by atoms with van der Waals surface area (Å²) in [6.45, 7) is 5.58. The maximum atomic E-state index is 12.5. The van der Waals surface area contributed by atoms with Crippen LogP contribution in [0.25, 0.3) is 0 Å². The van der Waals surface area contributed by atoms with E-state index in [2.05, 4.69) is 16.0 Å². The van der Waals surface area contributed by atoms with Gasteiger partial charge in [-0.1, -0.05) is 0 Å². The molecule has 0 saturated carbocycles. The first-order valence-electron chi connectivity index (χ1n) is 8.66. The molecule has 8 heteroatoms. The van der Waals surface area contributed by atoms with Gasteiger partial charge in [-0.05, 0) is 57.1 Å². The smallest absolute Gasteiger partial charge is 0.243 e. The van der Waals surface area contributed by atoms with Gasteiger partial charge in [0.05, 0.1) is 6.54 Å². The Bertz CT molecular complexity index is 615. The molecule has 0 atom stereocenters. The third-order valence-corrected chi connectivity index (χ3v) is 4.21. The number of piperidine rings is 1. The van der Waals surface area contributed by atoms with E-state index in [0.29, 0.717) is 17.9 Å². The van der Waals surface area contributed by atoms with Gasteiger partial charge in [0.25, 0.3) is 0 Å². The Hall–Kier alpha value is -2.12. The van der Waals surface area contributed by atoms with Gasteiger partial charge in [-0.15, -0.1) is 12.4 Å². The minimum absolute atomic E-state index is 0. The average Bonchev–Trinajstić information content (AvgIpc) is 2.61. The van der Waals surface area contributed by atoms with Gasteiger partial charge in [-0.2, -0.15) is 0 Å². The van der Waals surface area contributed by atoms with Crippen molar-refractivity contribution in [1.29, 1.82) is 0 Å². The topological polar surface area (TPSA) is 90.5 Å². The molecular formula is C18H27ClN4O3. The van der Waals surface area contributed by atoms with Crippen LogP contribution in [0.4, 0.5) is 11.4 Å². The average molecular weight is 383 g/mol. The Morgan fingerprint density at radius 1 is 1.08 bits per heavy atom. The van der Waals surface area contributed by atoms with E-state index in [1.165, 1.54) is 6.92 Å². The van der Waals surface area contributed by atoms with E-state index < -0.39 is 0 Å². The summed E-state index contributed by atoms with van der Waals surface area (Å²) in [4.78, 5) is 37.4. The van der Waals surface area contributed by atoms with Crippen LogP contribution in [0.3, 0.4) is 0 Å². The van der Waals surface area contributed by atoms with E-state index >= 15 is 0 Å². The van der Waals surface area contributed by atoms with Gasteiger partial charge < -0.3 is 20.9 Å². The van der Waals surface area contributed by atoms with E-state index in [4.69, 9.17) is 0 Å². The van der Waals surface area contributed by atoms with Crippen molar-refractivity contribution in [3.05, 3.63) is 24.3 Å². The zero-order valence-electron chi connectivity index (χ0n) is 15.2. The maximum Gasteiger partial charge on any atom is 0.243 e. The zero-order valence-corrected chi connectivity index (χ0v) is 16.0. The van der Waals surface area contributed by atoms with Crippen LogP contribution >= 0.6 is 12.4 Å². The highest BCUT2D eigenvalue weighted by Crippen LogP contribution is 2.16.